The number of nitrogens with zero attached hydrogens (tertiary/aromatic N) is 3. The summed E-state index contributed by atoms with van der Waals surface area (Å²) in [4.78, 5) is 14.9. The Morgan fingerprint density at radius 3 is 1.56 bits per heavy atom. The largest absolute Gasteiger partial charge is 0.390 e. The average molecular weight is 626 g/mol. The Labute approximate surface area is 237 Å². The normalized spacial score (nSPS) is 18.5. The van der Waals surface area contributed by atoms with Crippen molar-refractivity contribution in [3.05, 3.63) is 0 Å². The van der Waals surface area contributed by atoms with Crippen LogP contribution in [-0.4, -0.2) is 43.5 Å². The van der Waals surface area contributed by atoms with Crippen LogP contribution in [0.15, 0.2) is 15.5 Å². The Hall–Kier alpha value is -0.630. The van der Waals surface area contributed by atoms with E-state index in [1.54, 1.807) is 6.21 Å². The zero-order valence-electron chi connectivity index (χ0n) is 19.8. The molecule has 0 spiro atoms. The van der Waals surface area contributed by atoms with E-state index in [4.69, 9.17) is 37.3 Å². The van der Waals surface area contributed by atoms with Gasteiger partial charge in [-0.15, -0.1) is 24.8 Å². The first-order valence-electron chi connectivity index (χ1n) is 9.10. The van der Waals surface area contributed by atoms with Crippen LogP contribution in [0.1, 0.15) is 60.8 Å². The summed E-state index contributed by atoms with van der Waals surface area (Å²) in [6.07, 6.45) is 4.19. The molecule has 0 saturated heterocycles. The fraction of sp³-hybridized carbons (Fsp3) is 0.706. The number of thiocarbonyl (C=S) groups is 1. The molecule has 0 fully saturated rings. The highest BCUT2D eigenvalue weighted by molar-refractivity contribution is 8.26. The molecule has 0 aromatic carbocycles. The summed E-state index contributed by atoms with van der Waals surface area (Å²) in [5.41, 5.74) is 14.0. The van der Waals surface area contributed by atoms with Crippen molar-refractivity contribution in [2.75, 3.05) is 0 Å². The Balaban J connectivity index is -0.000000176. The number of amidine groups is 1. The number of rotatable bonds is 0. The van der Waals surface area contributed by atoms with Gasteiger partial charge in [-0.05, 0) is 65.5 Å². The van der Waals surface area contributed by atoms with Crippen LogP contribution in [0.5, 0.6) is 0 Å². The molecule has 0 aromatic rings. The smallest absolute Gasteiger partial charge is 0.160 e. The molecule has 7 N–H and O–H groups in total. The molecule has 34 heavy (non-hydrogen) atoms. The van der Waals surface area contributed by atoms with Crippen molar-refractivity contribution in [1.29, 1.82) is 5.41 Å². The average Bonchev–Trinajstić information content (AvgIpc) is 3.28. The second-order valence-electron chi connectivity index (χ2n) is 8.22. The maximum Gasteiger partial charge on any atom is 0.160 e. The lowest BCUT2D eigenvalue weighted by Crippen LogP contribution is -2.19. The summed E-state index contributed by atoms with van der Waals surface area (Å²) in [6.45, 7) is 11.8. The van der Waals surface area contributed by atoms with Crippen LogP contribution in [0, 0.1) is 5.41 Å². The third kappa shape index (κ3) is 24.5. The monoisotopic (exact) mass is 623 g/mol. The van der Waals surface area contributed by atoms with Crippen LogP contribution < -0.4 is 17.2 Å². The molecule has 17 heteroatoms. The first kappa shape index (κ1) is 40.5. The van der Waals surface area contributed by atoms with E-state index in [9.17, 15) is 0 Å². The van der Waals surface area contributed by atoms with Crippen molar-refractivity contribution < 1.29 is 14.5 Å². The number of halogens is 5. The molecule has 202 valence electrons. The minimum atomic E-state index is -0.224. The topological polar surface area (TPSA) is 167 Å². The first-order chi connectivity index (χ1) is 14.5. The van der Waals surface area contributed by atoms with Crippen LogP contribution in [0.3, 0.4) is 0 Å². The number of thioether (sulfide) groups is 1. The molecule has 3 aliphatic rings. The van der Waals surface area contributed by atoms with E-state index >= 15 is 0 Å². The summed E-state index contributed by atoms with van der Waals surface area (Å²) in [5, 5.41) is 19.4. The van der Waals surface area contributed by atoms with Gasteiger partial charge in [-0.2, -0.15) is 0 Å². The van der Waals surface area contributed by atoms with Gasteiger partial charge in [-0.3, -0.25) is 5.41 Å². The lowest BCUT2D eigenvalue weighted by molar-refractivity contribution is 0.0120. The summed E-state index contributed by atoms with van der Waals surface area (Å²) in [5.74, 6) is 0. The van der Waals surface area contributed by atoms with E-state index < -0.39 is 0 Å². The molecule has 0 unspecified atom stereocenters. The highest BCUT2D eigenvalue weighted by atomic mass is 36.5. The minimum absolute atomic E-state index is 0. The highest BCUT2D eigenvalue weighted by Crippen LogP contribution is 2.27. The van der Waals surface area contributed by atoms with Gasteiger partial charge in [-0.25, -0.2) is 0 Å². The fourth-order valence-corrected chi connectivity index (χ4v) is 2.95. The minimum Gasteiger partial charge on any atom is -0.390 e. The predicted octanol–water partition coefficient (Wildman–Crippen LogP) is 5.45. The summed E-state index contributed by atoms with van der Waals surface area (Å²) < 4.78 is 0. The Kier molecular flexibility index (Phi) is 23.3. The first-order valence-corrected chi connectivity index (χ1v) is 11.8. The number of oxime groups is 3. The predicted molar refractivity (Wildman–Crippen MR) is 155 cm³/mol. The fourth-order valence-electron chi connectivity index (χ4n) is 1.85. The molecular formula is C17H34Cl5N7O3S2. The van der Waals surface area contributed by atoms with Crippen molar-refractivity contribution in [2.45, 2.75) is 77.6 Å². The number of hydrogen-bond acceptors (Lipinski definition) is 9. The summed E-state index contributed by atoms with van der Waals surface area (Å²) >= 11 is 10.8. The second kappa shape index (κ2) is 19.5. The zero-order valence-corrected chi connectivity index (χ0v) is 25.3. The van der Waals surface area contributed by atoms with Crippen molar-refractivity contribution in [3.8, 4) is 0 Å². The number of hydrogen-bond donors (Lipinski definition) is 4. The van der Waals surface area contributed by atoms with E-state index in [1.807, 2.05) is 41.5 Å². The molecule has 3 heterocycles. The zero-order chi connectivity index (χ0) is 25.6. The number of nitrogens with two attached hydrogens (primary N) is 3. The van der Waals surface area contributed by atoms with Gasteiger partial charge >= 0.3 is 0 Å². The molecule has 0 aliphatic carbocycles. The van der Waals surface area contributed by atoms with Gasteiger partial charge in [-0.1, -0.05) is 27.1 Å². The maximum absolute atomic E-state index is 6.99. The molecule has 10 nitrogen and oxygen atoms in total. The van der Waals surface area contributed by atoms with Crippen molar-refractivity contribution in [3.63, 3.8) is 0 Å². The second-order valence-corrected chi connectivity index (χ2v) is 10.2. The van der Waals surface area contributed by atoms with Crippen molar-refractivity contribution in [2.24, 2.45) is 32.7 Å². The molecule has 0 radical (unpaired) electrons. The maximum atomic E-state index is 6.99. The molecule has 3 aliphatic heterocycles. The molecular weight excluding hydrogens is 592 g/mol. The van der Waals surface area contributed by atoms with Gasteiger partial charge in [0.1, 0.15) is 27.0 Å². The van der Waals surface area contributed by atoms with E-state index in [-0.39, 0.29) is 51.9 Å². The molecule has 0 saturated carbocycles. The van der Waals surface area contributed by atoms with Gasteiger partial charge in [0, 0.05) is 47.2 Å². The van der Waals surface area contributed by atoms with Crippen LogP contribution >= 0.6 is 82.1 Å². The Bertz CT molecular complexity index is 695. The molecule has 0 atom stereocenters. The summed E-state index contributed by atoms with van der Waals surface area (Å²) in [6, 6.07) is 0. The van der Waals surface area contributed by atoms with Gasteiger partial charge < -0.3 is 31.7 Å². The highest BCUT2D eigenvalue weighted by Gasteiger charge is 2.29. The molecule has 0 bridgehead atoms. The molecule has 3 rings (SSSR count). The van der Waals surface area contributed by atoms with Crippen molar-refractivity contribution in [1.82, 2.24) is 0 Å². The van der Waals surface area contributed by atoms with Gasteiger partial charge in [0.2, 0.25) is 0 Å². The number of nitrogens with one attached hydrogen (secondary N) is 1. The van der Waals surface area contributed by atoms with Gasteiger partial charge in [0.05, 0.1) is 0 Å². The van der Waals surface area contributed by atoms with E-state index in [2.05, 4.69) is 60.9 Å². The quantitative estimate of drug-likeness (QED) is 0.157. The van der Waals surface area contributed by atoms with Crippen LogP contribution in [-0.2, 0) is 14.5 Å². The lowest BCUT2D eigenvalue weighted by Gasteiger charge is -2.12. The van der Waals surface area contributed by atoms with E-state index in [0.717, 1.165) is 36.1 Å². The van der Waals surface area contributed by atoms with Gasteiger partial charge in [0.15, 0.2) is 10.3 Å². The van der Waals surface area contributed by atoms with E-state index in [1.165, 1.54) is 0 Å². The SMILES string of the molecule is CC1(C)CC(Cl)=NO1.CC1(C)CC(SC(=N)N)=NO1.CC1(C)CC=NO1.Cl.Cl.ClCl.NC(N)=S. The molecule has 0 amide bonds. The van der Waals surface area contributed by atoms with E-state index in [0.29, 0.717) is 5.17 Å². The van der Waals surface area contributed by atoms with Crippen molar-refractivity contribution >= 4 is 109 Å². The third-order valence-corrected chi connectivity index (χ3v) is 4.00. The van der Waals surface area contributed by atoms with Crippen LogP contribution in [0.25, 0.3) is 0 Å². The van der Waals surface area contributed by atoms with Crippen LogP contribution in [0.2, 0.25) is 0 Å². The summed E-state index contributed by atoms with van der Waals surface area (Å²) in [7, 11) is 8.22. The Morgan fingerprint density at radius 1 is 0.941 bits per heavy atom. The van der Waals surface area contributed by atoms with Crippen LogP contribution in [0.4, 0.5) is 0 Å². The Morgan fingerprint density at radius 2 is 1.38 bits per heavy atom. The standard InChI is InChI=1S/C6H11N3OS.C5H8ClNO.C5H9NO.CH4N2S.Cl2.2ClH/c1-6(2)3-4(9-10-6)11-5(7)8;1-5(2)3-4(6)7-8-5;1-5(2)3-4-6-7-5;2-1(3)4;1-2;;/h3H2,1-2H3,(H3,7,8);3H2,1-2H3;4H,3H2,1-2H3;(H4,2,3,4);;2*1H. The lowest BCUT2D eigenvalue weighted by atomic mass is 10.1. The molecule has 0 aromatic heterocycles. The van der Waals surface area contributed by atoms with Gasteiger partial charge in [0.25, 0.3) is 0 Å². The third-order valence-electron chi connectivity index (χ3n) is 3.12.